The van der Waals surface area contributed by atoms with Crippen molar-refractivity contribution < 1.29 is 9.53 Å². The van der Waals surface area contributed by atoms with Gasteiger partial charge in [-0.05, 0) is 50.5 Å². The average molecular weight is 396 g/mol. The number of aromatic nitrogens is 2. The van der Waals surface area contributed by atoms with Crippen LogP contribution in [0.5, 0.6) is 5.75 Å². The first kappa shape index (κ1) is 19.5. The van der Waals surface area contributed by atoms with E-state index in [4.69, 9.17) is 4.74 Å². The lowest BCUT2D eigenvalue weighted by molar-refractivity contribution is 0.0743. The van der Waals surface area contributed by atoms with Gasteiger partial charge < -0.3 is 19.4 Å². The Morgan fingerprint density at radius 2 is 1.69 bits per heavy atom. The number of para-hydroxylation sites is 1. The minimum Gasteiger partial charge on any atom is -0.496 e. The number of piperidine rings is 1. The van der Waals surface area contributed by atoms with Crippen LogP contribution in [0.25, 0.3) is 0 Å². The molecule has 0 saturated carbocycles. The van der Waals surface area contributed by atoms with E-state index in [9.17, 15) is 4.79 Å². The third-order valence-corrected chi connectivity index (χ3v) is 5.96. The van der Waals surface area contributed by atoms with Crippen molar-refractivity contribution in [2.75, 3.05) is 49.6 Å². The van der Waals surface area contributed by atoms with Gasteiger partial charge in [-0.15, -0.1) is 10.2 Å². The second-order valence-electron chi connectivity index (χ2n) is 7.77. The molecule has 0 aliphatic carbocycles. The van der Waals surface area contributed by atoms with Crippen LogP contribution in [0.2, 0.25) is 0 Å². The molecule has 1 amide bonds. The molecule has 0 bridgehead atoms. The molecule has 154 valence electrons. The lowest BCUT2D eigenvalue weighted by Gasteiger charge is -2.36. The number of anilines is 2. The molecule has 2 aliphatic heterocycles. The van der Waals surface area contributed by atoms with Crippen LogP contribution in [-0.2, 0) is 0 Å². The van der Waals surface area contributed by atoms with Crippen LogP contribution in [0.4, 0.5) is 11.6 Å². The van der Waals surface area contributed by atoms with Crippen molar-refractivity contribution in [2.24, 2.45) is 0 Å². The molecule has 0 spiro atoms. The Kier molecular flexibility index (Phi) is 5.83. The molecule has 1 atom stereocenters. The number of hydrogen-bond acceptors (Lipinski definition) is 6. The van der Waals surface area contributed by atoms with Gasteiger partial charge in [0, 0.05) is 38.8 Å². The molecular weight excluding hydrogens is 366 g/mol. The van der Waals surface area contributed by atoms with Crippen molar-refractivity contribution in [3.05, 3.63) is 42.0 Å². The summed E-state index contributed by atoms with van der Waals surface area (Å²) in [6, 6.07) is 12.0. The average Bonchev–Trinajstić information content (AvgIpc) is 2.79. The largest absolute Gasteiger partial charge is 0.496 e. The Balaban J connectivity index is 1.37. The molecule has 1 aromatic carbocycles. The highest BCUT2D eigenvalue weighted by Gasteiger charge is 2.25. The van der Waals surface area contributed by atoms with Crippen LogP contribution in [0.15, 0.2) is 36.4 Å². The van der Waals surface area contributed by atoms with E-state index in [0.717, 1.165) is 31.3 Å². The summed E-state index contributed by atoms with van der Waals surface area (Å²) in [5, 5.41) is 8.97. The van der Waals surface area contributed by atoms with Gasteiger partial charge in [0.1, 0.15) is 5.75 Å². The number of nitrogens with zero attached hydrogens (tertiary/aromatic N) is 5. The summed E-state index contributed by atoms with van der Waals surface area (Å²) in [4.78, 5) is 19.3. The second kappa shape index (κ2) is 8.68. The van der Waals surface area contributed by atoms with Crippen LogP contribution < -0.4 is 14.5 Å². The van der Waals surface area contributed by atoms with E-state index in [1.807, 2.05) is 29.2 Å². The number of carbonyl (C=O) groups is 1. The van der Waals surface area contributed by atoms with E-state index in [1.54, 1.807) is 7.11 Å². The fourth-order valence-electron chi connectivity index (χ4n) is 4.21. The topological polar surface area (TPSA) is 61.8 Å². The summed E-state index contributed by atoms with van der Waals surface area (Å²) in [5.74, 6) is 2.48. The fourth-order valence-corrected chi connectivity index (χ4v) is 4.21. The number of ether oxygens (including phenoxy) is 1. The van der Waals surface area contributed by atoms with Gasteiger partial charge in [-0.2, -0.15) is 0 Å². The molecule has 29 heavy (non-hydrogen) atoms. The molecule has 2 saturated heterocycles. The predicted molar refractivity (Wildman–Crippen MR) is 114 cm³/mol. The Morgan fingerprint density at radius 3 is 2.38 bits per heavy atom. The van der Waals surface area contributed by atoms with Gasteiger partial charge in [0.05, 0.1) is 12.7 Å². The number of carbonyl (C=O) groups excluding carboxylic acids is 1. The van der Waals surface area contributed by atoms with Crippen molar-refractivity contribution in [3.8, 4) is 5.75 Å². The molecule has 4 rings (SSSR count). The Morgan fingerprint density at radius 1 is 0.966 bits per heavy atom. The molecule has 7 nitrogen and oxygen atoms in total. The standard InChI is InChI=1S/C22H29N5O2/c1-17-7-5-6-12-27(17)21-11-10-20(23-24-21)25-13-15-26(16-14-25)22(28)18-8-3-4-9-19(18)29-2/h3-4,8-11,17H,5-7,12-16H2,1-2H3. The third-order valence-electron chi connectivity index (χ3n) is 5.96. The van der Waals surface area contributed by atoms with Gasteiger partial charge in [0.2, 0.25) is 0 Å². The number of rotatable bonds is 4. The monoisotopic (exact) mass is 395 g/mol. The number of benzene rings is 1. The lowest BCUT2D eigenvalue weighted by atomic mass is 10.0. The third kappa shape index (κ3) is 4.13. The second-order valence-corrected chi connectivity index (χ2v) is 7.77. The van der Waals surface area contributed by atoms with E-state index >= 15 is 0 Å². The molecule has 3 heterocycles. The van der Waals surface area contributed by atoms with Crippen molar-refractivity contribution in [2.45, 2.75) is 32.2 Å². The van der Waals surface area contributed by atoms with Gasteiger partial charge in [-0.1, -0.05) is 12.1 Å². The maximum atomic E-state index is 12.9. The Labute approximate surface area is 172 Å². The number of methoxy groups -OCH3 is 1. The number of piperazine rings is 1. The molecular formula is C22H29N5O2. The van der Waals surface area contributed by atoms with Gasteiger partial charge in [0.15, 0.2) is 11.6 Å². The normalized spacial score (nSPS) is 19.9. The van der Waals surface area contributed by atoms with Crippen LogP contribution in [0.3, 0.4) is 0 Å². The van der Waals surface area contributed by atoms with Crippen LogP contribution in [0, 0.1) is 0 Å². The summed E-state index contributed by atoms with van der Waals surface area (Å²) in [5.41, 5.74) is 0.614. The Hall–Kier alpha value is -2.83. The summed E-state index contributed by atoms with van der Waals surface area (Å²) < 4.78 is 5.34. The van der Waals surface area contributed by atoms with E-state index < -0.39 is 0 Å². The quantitative estimate of drug-likeness (QED) is 0.793. The van der Waals surface area contributed by atoms with E-state index in [0.29, 0.717) is 30.4 Å². The van der Waals surface area contributed by atoms with Crippen molar-refractivity contribution in [3.63, 3.8) is 0 Å². The van der Waals surface area contributed by atoms with E-state index in [1.165, 1.54) is 19.3 Å². The maximum Gasteiger partial charge on any atom is 0.257 e. The van der Waals surface area contributed by atoms with Crippen molar-refractivity contribution in [1.82, 2.24) is 15.1 Å². The smallest absolute Gasteiger partial charge is 0.257 e. The summed E-state index contributed by atoms with van der Waals surface area (Å²) in [7, 11) is 1.59. The molecule has 2 aliphatic rings. The molecule has 2 aromatic rings. The van der Waals surface area contributed by atoms with Gasteiger partial charge >= 0.3 is 0 Å². The van der Waals surface area contributed by atoms with Gasteiger partial charge in [-0.25, -0.2) is 0 Å². The highest BCUT2D eigenvalue weighted by molar-refractivity contribution is 5.97. The number of hydrogen-bond donors (Lipinski definition) is 0. The molecule has 7 heteroatoms. The van der Waals surface area contributed by atoms with Crippen LogP contribution >= 0.6 is 0 Å². The first-order valence-electron chi connectivity index (χ1n) is 10.4. The zero-order valence-electron chi connectivity index (χ0n) is 17.3. The Bertz CT molecular complexity index is 833. The molecule has 0 N–H and O–H groups in total. The number of amides is 1. The van der Waals surface area contributed by atoms with Crippen LogP contribution in [0.1, 0.15) is 36.5 Å². The zero-order chi connectivity index (χ0) is 20.2. The SMILES string of the molecule is COc1ccccc1C(=O)N1CCN(c2ccc(N3CCCCC3C)nn2)CC1. The van der Waals surface area contributed by atoms with Crippen LogP contribution in [-0.4, -0.2) is 66.9 Å². The minimum absolute atomic E-state index is 0.0163. The van der Waals surface area contributed by atoms with Gasteiger partial charge in [-0.3, -0.25) is 4.79 Å². The fraction of sp³-hybridized carbons (Fsp3) is 0.500. The molecule has 2 fully saturated rings. The lowest BCUT2D eigenvalue weighted by Crippen LogP contribution is -2.49. The van der Waals surface area contributed by atoms with Crippen molar-refractivity contribution in [1.29, 1.82) is 0 Å². The summed E-state index contributed by atoms with van der Waals surface area (Å²) >= 11 is 0. The van der Waals surface area contributed by atoms with Crippen molar-refractivity contribution >= 4 is 17.5 Å². The predicted octanol–water partition coefficient (Wildman–Crippen LogP) is 2.83. The molecule has 0 radical (unpaired) electrons. The highest BCUT2D eigenvalue weighted by atomic mass is 16.5. The maximum absolute atomic E-state index is 12.9. The minimum atomic E-state index is 0.0163. The molecule has 1 unspecified atom stereocenters. The van der Waals surface area contributed by atoms with Gasteiger partial charge in [0.25, 0.3) is 5.91 Å². The first-order valence-corrected chi connectivity index (χ1v) is 10.4. The summed E-state index contributed by atoms with van der Waals surface area (Å²) in [6.45, 7) is 6.11. The van der Waals surface area contributed by atoms with E-state index in [2.05, 4.69) is 39.1 Å². The first-order chi connectivity index (χ1) is 14.2. The molecule has 1 aromatic heterocycles. The summed E-state index contributed by atoms with van der Waals surface area (Å²) in [6.07, 6.45) is 3.72. The highest BCUT2D eigenvalue weighted by Crippen LogP contribution is 2.24. The van der Waals surface area contributed by atoms with E-state index in [-0.39, 0.29) is 5.91 Å². The zero-order valence-corrected chi connectivity index (χ0v) is 17.3.